The largest absolute Gasteiger partial charge is 0.445 e. The van der Waals surface area contributed by atoms with Gasteiger partial charge in [0.05, 0.1) is 18.1 Å². The molecule has 4 N–H and O–H groups in total. The fourth-order valence-corrected chi connectivity index (χ4v) is 4.56. The molecule has 3 heterocycles. The predicted octanol–water partition coefficient (Wildman–Crippen LogP) is -0.343. The van der Waals surface area contributed by atoms with Crippen LogP contribution >= 0.6 is 0 Å². The van der Waals surface area contributed by atoms with E-state index in [2.05, 4.69) is 26.4 Å². The number of hydrogen-bond donors (Lipinski definition) is 4. The Balaban J connectivity index is 1.34. The van der Waals surface area contributed by atoms with E-state index in [1.54, 1.807) is 0 Å². The number of ether oxygens (including phenoxy) is 1. The van der Waals surface area contributed by atoms with Crippen molar-refractivity contribution in [2.24, 2.45) is 11.8 Å². The Bertz CT molecular complexity index is 467. The van der Waals surface area contributed by atoms with Crippen molar-refractivity contribution < 1.29 is 13.9 Å². The van der Waals surface area contributed by atoms with Crippen molar-refractivity contribution in [1.29, 1.82) is 0 Å². The van der Waals surface area contributed by atoms with Crippen LogP contribution in [0.4, 0.5) is 4.39 Å². The first-order chi connectivity index (χ1) is 11.6. The molecule has 0 aromatic carbocycles. The molecule has 8 heteroatoms. The van der Waals surface area contributed by atoms with Gasteiger partial charge in [-0.2, -0.15) is 0 Å². The van der Waals surface area contributed by atoms with Crippen LogP contribution in [-0.4, -0.2) is 61.3 Å². The van der Waals surface area contributed by atoms with Crippen LogP contribution in [0.15, 0.2) is 0 Å². The highest BCUT2D eigenvalue weighted by molar-refractivity contribution is 5.75. The lowest BCUT2D eigenvalue weighted by atomic mass is 9.74. The molecule has 136 valence electrons. The summed E-state index contributed by atoms with van der Waals surface area (Å²) in [4.78, 5) is 14.8. The number of carbonyl (C=O) groups excluding carboxylic acids is 1. The van der Waals surface area contributed by atoms with Crippen LogP contribution in [0.3, 0.4) is 0 Å². The zero-order valence-corrected chi connectivity index (χ0v) is 14.1. The lowest BCUT2D eigenvalue weighted by Gasteiger charge is -2.46. The SMILES string of the molecule is CC1C(F)CCC2NC(C3CCC(N4CCNC4)NN3)OC(=O)C21. The second kappa shape index (κ2) is 6.84. The number of nitrogens with zero attached hydrogens (tertiary/aromatic N) is 1. The molecule has 0 aromatic rings. The second-order valence-corrected chi connectivity index (χ2v) is 7.57. The highest BCUT2D eigenvalue weighted by Crippen LogP contribution is 2.36. The van der Waals surface area contributed by atoms with Crippen LogP contribution in [0.5, 0.6) is 0 Å². The Morgan fingerprint density at radius 2 is 2.00 bits per heavy atom. The monoisotopic (exact) mass is 341 g/mol. The second-order valence-electron chi connectivity index (χ2n) is 7.57. The molecule has 24 heavy (non-hydrogen) atoms. The molecule has 0 radical (unpaired) electrons. The Morgan fingerprint density at radius 3 is 2.71 bits per heavy atom. The quantitative estimate of drug-likeness (QED) is 0.512. The lowest BCUT2D eigenvalue weighted by molar-refractivity contribution is -0.176. The standard InChI is InChI=1S/C16H28FN5O2/c1-9-10(17)2-3-11-14(9)16(23)24-15(19-11)12-4-5-13(21-20-12)22-7-6-18-8-22/h9-15,18-21H,2-8H2,1H3. The molecule has 0 spiro atoms. The van der Waals surface area contributed by atoms with Crippen molar-refractivity contribution in [3.63, 3.8) is 0 Å². The summed E-state index contributed by atoms with van der Waals surface area (Å²) in [6.07, 6.45) is 2.22. The molecule has 7 nitrogen and oxygen atoms in total. The summed E-state index contributed by atoms with van der Waals surface area (Å²) in [6.45, 7) is 4.81. The number of rotatable bonds is 2. The normalized spacial score (nSPS) is 47.2. The molecule has 1 saturated carbocycles. The molecule has 0 amide bonds. The van der Waals surface area contributed by atoms with E-state index in [4.69, 9.17) is 4.74 Å². The van der Waals surface area contributed by atoms with Crippen molar-refractivity contribution in [2.75, 3.05) is 19.8 Å². The number of fused-ring (bicyclic) bond motifs is 1. The van der Waals surface area contributed by atoms with E-state index in [1.807, 2.05) is 6.92 Å². The van der Waals surface area contributed by atoms with Crippen molar-refractivity contribution in [1.82, 2.24) is 26.4 Å². The Kier molecular flexibility index (Phi) is 4.75. The van der Waals surface area contributed by atoms with Gasteiger partial charge >= 0.3 is 5.97 Å². The molecule has 4 fully saturated rings. The van der Waals surface area contributed by atoms with Gasteiger partial charge in [-0.1, -0.05) is 6.92 Å². The Labute approximate surface area is 142 Å². The average molecular weight is 341 g/mol. The smallest absolute Gasteiger partial charge is 0.312 e. The van der Waals surface area contributed by atoms with Gasteiger partial charge < -0.3 is 10.1 Å². The van der Waals surface area contributed by atoms with E-state index < -0.39 is 6.17 Å². The van der Waals surface area contributed by atoms with Gasteiger partial charge in [-0.3, -0.25) is 15.0 Å². The molecule has 4 aliphatic rings. The fraction of sp³-hybridized carbons (Fsp3) is 0.938. The first kappa shape index (κ1) is 16.7. The first-order valence-corrected chi connectivity index (χ1v) is 9.20. The maximum Gasteiger partial charge on any atom is 0.312 e. The van der Waals surface area contributed by atoms with Gasteiger partial charge in [0.15, 0.2) is 6.23 Å². The topological polar surface area (TPSA) is 77.7 Å². The molecule has 3 aliphatic heterocycles. The molecule has 7 unspecified atom stereocenters. The zero-order valence-electron chi connectivity index (χ0n) is 14.1. The van der Waals surface area contributed by atoms with Crippen molar-refractivity contribution in [3.05, 3.63) is 0 Å². The van der Waals surface area contributed by atoms with Gasteiger partial charge in [0, 0.05) is 31.7 Å². The van der Waals surface area contributed by atoms with E-state index >= 15 is 0 Å². The molecular weight excluding hydrogens is 313 g/mol. The van der Waals surface area contributed by atoms with Crippen LogP contribution in [0.1, 0.15) is 32.6 Å². The number of cyclic esters (lactones) is 1. The first-order valence-electron chi connectivity index (χ1n) is 9.20. The third kappa shape index (κ3) is 3.06. The van der Waals surface area contributed by atoms with Crippen LogP contribution < -0.4 is 21.5 Å². The third-order valence-corrected chi connectivity index (χ3v) is 6.10. The van der Waals surface area contributed by atoms with Crippen LogP contribution in [-0.2, 0) is 9.53 Å². The average Bonchev–Trinajstić information content (AvgIpc) is 3.12. The van der Waals surface area contributed by atoms with Crippen molar-refractivity contribution in [2.45, 2.75) is 63.3 Å². The Hall–Kier alpha value is -0.800. The number of halogens is 1. The maximum atomic E-state index is 13.9. The van der Waals surface area contributed by atoms with E-state index in [9.17, 15) is 9.18 Å². The van der Waals surface area contributed by atoms with Gasteiger partial charge in [0.2, 0.25) is 0 Å². The summed E-state index contributed by atoms with van der Waals surface area (Å²) < 4.78 is 19.5. The molecule has 7 atom stereocenters. The lowest BCUT2D eigenvalue weighted by Crippen LogP contribution is -2.68. The minimum Gasteiger partial charge on any atom is -0.445 e. The van der Waals surface area contributed by atoms with Crippen LogP contribution in [0.2, 0.25) is 0 Å². The van der Waals surface area contributed by atoms with E-state index in [1.165, 1.54) is 0 Å². The summed E-state index contributed by atoms with van der Waals surface area (Å²) in [5.41, 5.74) is 6.67. The molecule has 0 bridgehead atoms. The minimum absolute atomic E-state index is 0.0283. The van der Waals surface area contributed by atoms with Crippen LogP contribution in [0.25, 0.3) is 0 Å². The van der Waals surface area contributed by atoms with E-state index in [-0.39, 0.29) is 36.1 Å². The summed E-state index contributed by atoms with van der Waals surface area (Å²) in [5, 5.41) is 6.79. The number of hydrazine groups is 1. The maximum absolute atomic E-state index is 13.9. The number of esters is 1. The summed E-state index contributed by atoms with van der Waals surface area (Å²) >= 11 is 0. The van der Waals surface area contributed by atoms with Crippen LogP contribution in [0, 0.1) is 11.8 Å². The number of alkyl halides is 1. The predicted molar refractivity (Wildman–Crippen MR) is 86.2 cm³/mol. The number of carbonyl (C=O) groups is 1. The Morgan fingerprint density at radius 1 is 1.17 bits per heavy atom. The van der Waals surface area contributed by atoms with E-state index in [0.29, 0.717) is 19.0 Å². The highest BCUT2D eigenvalue weighted by Gasteiger charge is 2.48. The van der Waals surface area contributed by atoms with Gasteiger partial charge in [-0.05, 0) is 25.7 Å². The minimum atomic E-state index is -0.901. The molecule has 0 aromatic heterocycles. The third-order valence-electron chi connectivity index (χ3n) is 6.10. The molecular formula is C16H28FN5O2. The zero-order chi connectivity index (χ0) is 16.7. The summed E-state index contributed by atoms with van der Waals surface area (Å²) in [5.74, 6) is -0.870. The van der Waals surface area contributed by atoms with Crippen molar-refractivity contribution >= 4 is 5.97 Å². The van der Waals surface area contributed by atoms with Crippen molar-refractivity contribution in [3.8, 4) is 0 Å². The van der Waals surface area contributed by atoms with Gasteiger partial charge in [-0.25, -0.2) is 15.2 Å². The molecule has 3 saturated heterocycles. The highest BCUT2D eigenvalue weighted by atomic mass is 19.1. The van der Waals surface area contributed by atoms with Gasteiger partial charge in [0.25, 0.3) is 0 Å². The number of nitrogens with one attached hydrogen (secondary N) is 4. The van der Waals surface area contributed by atoms with Gasteiger partial charge in [-0.15, -0.1) is 0 Å². The summed E-state index contributed by atoms with van der Waals surface area (Å²) in [6, 6.07) is 0.0701. The number of hydrogen-bond acceptors (Lipinski definition) is 7. The molecule has 1 aliphatic carbocycles. The van der Waals surface area contributed by atoms with Gasteiger partial charge in [0.1, 0.15) is 6.17 Å². The van der Waals surface area contributed by atoms with E-state index in [0.717, 1.165) is 32.6 Å². The fourth-order valence-electron chi connectivity index (χ4n) is 4.56. The summed E-state index contributed by atoms with van der Waals surface area (Å²) in [7, 11) is 0. The molecule has 4 rings (SSSR count).